The Hall–Kier alpha value is -1.52. The number of carboxylic acids is 1. The molecule has 1 saturated heterocycles. The van der Waals surface area contributed by atoms with Gasteiger partial charge in [-0.3, -0.25) is 4.79 Å². The van der Waals surface area contributed by atoms with Crippen molar-refractivity contribution in [2.75, 3.05) is 19.7 Å². The van der Waals surface area contributed by atoms with E-state index in [-0.39, 0.29) is 24.0 Å². The zero-order chi connectivity index (χ0) is 14.6. The molecule has 0 aromatic heterocycles. The largest absolute Gasteiger partial charge is 0.481 e. The van der Waals surface area contributed by atoms with Crippen LogP contribution in [0.1, 0.15) is 38.5 Å². The van der Waals surface area contributed by atoms with Crippen molar-refractivity contribution in [3.8, 4) is 0 Å². The minimum absolute atomic E-state index is 0.112. The predicted molar refractivity (Wildman–Crippen MR) is 74.4 cm³/mol. The smallest absolute Gasteiger partial charge is 0.410 e. The Kier molecular flexibility index (Phi) is 4.68. The van der Waals surface area contributed by atoms with Crippen molar-refractivity contribution >= 4 is 12.1 Å². The van der Waals surface area contributed by atoms with Gasteiger partial charge < -0.3 is 14.7 Å². The summed E-state index contributed by atoms with van der Waals surface area (Å²) >= 11 is 0. The minimum Gasteiger partial charge on any atom is -0.481 e. The summed E-state index contributed by atoms with van der Waals surface area (Å²) in [6, 6.07) is 0. The van der Waals surface area contributed by atoms with Crippen molar-refractivity contribution in [1.82, 2.24) is 4.90 Å². The number of likely N-dealkylation sites (tertiary alicyclic amines) is 1. The number of ether oxygens (including phenoxy) is 1. The van der Waals surface area contributed by atoms with Gasteiger partial charge >= 0.3 is 12.1 Å². The van der Waals surface area contributed by atoms with E-state index in [0.717, 1.165) is 38.5 Å². The van der Waals surface area contributed by atoms with Crippen LogP contribution in [0.4, 0.5) is 4.79 Å². The Morgan fingerprint density at radius 2 is 2.00 bits per heavy atom. The summed E-state index contributed by atoms with van der Waals surface area (Å²) in [4.78, 5) is 24.9. The van der Waals surface area contributed by atoms with E-state index in [1.165, 1.54) is 0 Å². The highest BCUT2D eigenvalue weighted by Gasteiger charge is 2.46. The zero-order valence-electron chi connectivity index (χ0n) is 11.8. The predicted octanol–water partition coefficient (Wildman–Crippen LogP) is 2.67. The van der Waals surface area contributed by atoms with Gasteiger partial charge in [0.05, 0.1) is 5.92 Å². The van der Waals surface area contributed by atoms with Crippen LogP contribution in [-0.2, 0) is 9.53 Å². The van der Waals surface area contributed by atoms with E-state index < -0.39 is 5.97 Å². The lowest BCUT2D eigenvalue weighted by molar-refractivity contribution is -0.150. The highest BCUT2D eigenvalue weighted by atomic mass is 16.6. The van der Waals surface area contributed by atoms with E-state index in [4.69, 9.17) is 4.74 Å². The lowest BCUT2D eigenvalue weighted by Gasteiger charge is -2.47. The lowest BCUT2D eigenvalue weighted by Crippen LogP contribution is -2.49. The Morgan fingerprint density at radius 3 is 2.60 bits per heavy atom. The van der Waals surface area contributed by atoms with Crippen molar-refractivity contribution in [3.63, 3.8) is 0 Å². The number of rotatable bonds is 3. The standard InChI is InChI=1S/C15H23NO4/c1-2-11-20-14(19)16-9-7-15(8-10-16)6-4-3-5-12(15)13(17)18/h2,12H,1,3-11H2,(H,17,18). The van der Waals surface area contributed by atoms with Gasteiger partial charge in [0.25, 0.3) is 0 Å². The number of carbonyl (C=O) groups is 2. The average molecular weight is 281 g/mol. The number of piperidine rings is 1. The average Bonchev–Trinajstić information content (AvgIpc) is 2.45. The highest BCUT2D eigenvalue weighted by molar-refractivity contribution is 5.71. The Bertz CT molecular complexity index is 385. The molecule has 2 aliphatic rings. The summed E-state index contributed by atoms with van der Waals surface area (Å²) in [5.74, 6) is -0.921. The highest BCUT2D eigenvalue weighted by Crippen LogP contribution is 2.48. The lowest BCUT2D eigenvalue weighted by atomic mass is 9.61. The van der Waals surface area contributed by atoms with E-state index in [0.29, 0.717) is 13.1 Å². The van der Waals surface area contributed by atoms with E-state index in [9.17, 15) is 14.7 Å². The van der Waals surface area contributed by atoms with Crippen LogP contribution in [0.3, 0.4) is 0 Å². The number of amides is 1. The number of carbonyl (C=O) groups excluding carboxylic acids is 1. The molecular weight excluding hydrogens is 258 g/mol. The Morgan fingerprint density at radius 1 is 1.30 bits per heavy atom. The van der Waals surface area contributed by atoms with Crippen LogP contribution in [0.5, 0.6) is 0 Å². The quantitative estimate of drug-likeness (QED) is 0.808. The molecule has 1 aliphatic carbocycles. The molecule has 1 amide bonds. The molecular formula is C15H23NO4. The van der Waals surface area contributed by atoms with Gasteiger partial charge in [-0.05, 0) is 31.1 Å². The first-order chi connectivity index (χ1) is 9.59. The van der Waals surface area contributed by atoms with Crippen LogP contribution in [-0.4, -0.2) is 41.8 Å². The summed E-state index contributed by atoms with van der Waals surface area (Å²) in [6.45, 7) is 4.93. The molecule has 5 nitrogen and oxygen atoms in total. The van der Waals surface area contributed by atoms with Crippen molar-refractivity contribution in [2.45, 2.75) is 38.5 Å². The van der Waals surface area contributed by atoms with Crippen LogP contribution in [0, 0.1) is 11.3 Å². The third-order valence-electron chi connectivity index (χ3n) is 4.80. The van der Waals surface area contributed by atoms with Crippen molar-refractivity contribution < 1.29 is 19.4 Å². The maximum Gasteiger partial charge on any atom is 0.410 e. The molecule has 1 aliphatic heterocycles. The molecule has 20 heavy (non-hydrogen) atoms. The third-order valence-corrected chi connectivity index (χ3v) is 4.80. The van der Waals surface area contributed by atoms with Gasteiger partial charge in [0.2, 0.25) is 0 Å². The first kappa shape index (κ1) is 14.9. The Balaban J connectivity index is 1.96. The van der Waals surface area contributed by atoms with Crippen molar-refractivity contribution in [2.24, 2.45) is 11.3 Å². The monoisotopic (exact) mass is 281 g/mol. The summed E-state index contributed by atoms with van der Waals surface area (Å²) < 4.78 is 5.03. The van der Waals surface area contributed by atoms with Gasteiger partial charge in [-0.25, -0.2) is 4.79 Å². The molecule has 112 valence electrons. The van der Waals surface area contributed by atoms with E-state index in [1.807, 2.05) is 0 Å². The Labute approximate surface area is 119 Å². The van der Waals surface area contributed by atoms with Crippen LogP contribution < -0.4 is 0 Å². The molecule has 0 bridgehead atoms. The molecule has 1 heterocycles. The minimum atomic E-state index is -0.674. The topological polar surface area (TPSA) is 66.8 Å². The second kappa shape index (κ2) is 6.29. The van der Waals surface area contributed by atoms with Crippen LogP contribution in [0.15, 0.2) is 12.7 Å². The molecule has 2 fully saturated rings. The number of aliphatic carboxylic acids is 1. The summed E-state index contributed by atoms with van der Waals surface area (Å²) in [6.07, 6.45) is 6.62. The van der Waals surface area contributed by atoms with Gasteiger partial charge in [0.15, 0.2) is 0 Å². The summed E-state index contributed by atoms with van der Waals surface area (Å²) in [5.41, 5.74) is -0.112. The maximum atomic E-state index is 11.8. The molecule has 5 heteroatoms. The van der Waals surface area contributed by atoms with Crippen LogP contribution >= 0.6 is 0 Å². The molecule has 0 radical (unpaired) electrons. The number of hydrogen-bond acceptors (Lipinski definition) is 3. The molecule has 1 saturated carbocycles. The van der Waals surface area contributed by atoms with Crippen molar-refractivity contribution in [1.29, 1.82) is 0 Å². The van der Waals surface area contributed by atoms with Gasteiger partial charge in [0.1, 0.15) is 6.61 Å². The molecule has 1 unspecified atom stereocenters. The second-order valence-electron chi connectivity index (χ2n) is 5.85. The normalized spacial score (nSPS) is 25.2. The first-order valence-corrected chi connectivity index (χ1v) is 7.34. The summed E-state index contributed by atoms with van der Waals surface area (Å²) in [7, 11) is 0. The molecule has 0 aromatic rings. The second-order valence-corrected chi connectivity index (χ2v) is 5.85. The van der Waals surface area contributed by atoms with E-state index in [1.54, 1.807) is 11.0 Å². The first-order valence-electron chi connectivity index (χ1n) is 7.34. The molecule has 1 spiro atoms. The number of carboxylic acid groups (broad SMARTS) is 1. The molecule has 0 aromatic carbocycles. The number of nitrogens with zero attached hydrogens (tertiary/aromatic N) is 1. The van der Waals surface area contributed by atoms with Crippen LogP contribution in [0.25, 0.3) is 0 Å². The fourth-order valence-electron chi connectivity index (χ4n) is 3.65. The fourth-order valence-corrected chi connectivity index (χ4v) is 3.65. The van der Waals surface area contributed by atoms with Crippen LogP contribution in [0.2, 0.25) is 0 Å². The SMILES string of the molecule is C=CCOC(=O)N1CCC2(CCCCC2C(=O)O)CC1. The van der Waals surface area contributed by atoms with Gasteiger partial charge in [-0.15, -0.1) is 0 Å². The van der Waals surface area contributed by atoms with Gasteiger partial charge in [-0.2, -0.15) is 0 Å². The van der Waals surface area contributed by atoms with Gasteiger partial charge in [-0.1, -0.05) is 25.5 Å². The van der Waals surface area contributed by atoms with Gasteiger partial charge in [0, 0.05) is 13.1 Å². The van der Waals surface area contributed by atoms with E-state index in [2.05, 4.69) is 6.58 Å². The number of hydrogen-bond donors (Lipinski definition) is 1. The summed E-state index contributed by atoms with van der Waals surface area (Å²) in [5, 5.41) is 9.43. The third kappa shape index (κ3) is 2.97. The van der Waals surface area contributed by atoms with Crippen molar-refractivity contribution in [3.05, 3.63) is 12.7 Å². The molecule has 2 rings (SSSR count). The molecule has 1 N–H and O–H groups in total. The maximum absolute atomic E-state index is 11.8. The fraction of sp³-hybridized carbons (Fsp3) is 0.733. The van der Waals surface area contributed by atoms with E-state index >= 15 is 0 Å². The zero-order valence-corrected chi connectivity index (χ0v) is 11.8. The molecule has 1 atom stereocenters.